The minimum absolute atomic E-state index is 0.0734. The van der Waals surface area contributed by atoms with Crippen molar-refractivity contribution in [3.8, 4) is 5.88 Å². The molecule has 0 saturated carbocycles. The topological polar surface area (TPSA) is 47.9 Å². The van der Waals surface area contributed by atoms with Crippen molar-refractivity contribution in [3.63, 3.8) is 0 Å². The molecule has 2 aromatic heterocycles. The van der Waals surface area contributed by atoms with E-state index in [9.17, 15) is 0 Å². The van der Waals surface area contributed by atoms with E-state index in [4.69, 9.17) is 16.3 Å². The fourth-order valence-corrected chi connectivity index (χ4v) is 3.10. The minimum Gasteiger partial charge on any atom is -0.481 e. The number of halogens is 2. The highest BCUT2D eigenvalue weighted by atomic mass is 127. The van der Waals surface area contributed by atoms with Crippen molar-refractivity contribution >= 4 is 34.2 Å². The zero-order valence-electron chi connectivity index (χ0n) is 12.4. The molecule has 4 nitrogen and oxygen atoms in total. The number of ether oxygens (including phenoxy) is 1. The van der Waals surface area contributed by atoms with Gasteiger partial charge >= 0.3 is 0 Å². The van der Waals surface area contributed by atoms with Crippen LogP contribution in [0.3, 0.4) is 0 Å². The van der Waals surface area contributed by atoms with Crippen LogP contribution in [0.4, 0.5) is 0 Å². The smallest absolute Gasteiger partial charge is 0.212 e. The number of hydrogen-bond acceptors (Lipinski definition) is 4. The van der Waals surface area contributed by atoms with Crippen LogP contribution in [-0.4, -0.2) is 22.1 Å². The number of pyridine rings is 1. The van der Waals surface area contributed by atoms with E-state index in [0.29, 0.717) is 23.3 Å². The summed E-state index contributed by atoms with van der Waals surface area (Å²) in [6, 6.07) is 3.78. The van der Waals surface area contributed by atoms with Gasteiger partial charge in [0.25, 0.3) is 0 Å². The van der Waals surface area contributed by atoms with Crippen LogP contribution in [0.25, 0.3) is 0 Å². The lowest BCUT2D eigenvalue weighted by atomic mass is 9.92. The molecule has 0 N–H and O–H groups in total. The van der Waals surface area contributed by atoms with E-state index in [1.54, 1.807) is 13.3 Å². The summed E-state index contributed by atoms with van der Waals surface area (Å²) < 4.78 is 5.97. The van der Waals surface area contributed by atoms with Gasteiger partial charge in [0.05, 0.1) is 16.4 Å². The van der Waals surface area contributed by atoms with Crippen molar-refractivity contribution in [1.29, 1.82) is 0 Å². The molecule has 0 bridgehead atoms. The maximum atomic E-state index is 6.24. The third-order valence-corrected chi connectivity index (χ3v) is 4.55. The van der Waals surface area contributed by atoms with Gasteiger partial charge in [0, 0.05) is 24.1 Å². The highest BCUT2D eigenvalue weighted by Crippen LogP contribution is 2.29. The summed E-state index contributed by atoms with van der Waals surface area (Å²) in [4.78, 5) is 13.2. The van der Waals surface area contributed by atoms with Crippen molar-refractivity contribution in [2.45, 2.75) is 32.6 Å². The number of hydrogen-bond donors (Lipinski definition) is 0. The summed E-state index contributed by atoms with van der Waals surface area (Å²) in [5, 5.41) is 0.506. The highest BCUT2D eigenvalue weighted by molar-refractivity contribution is 14.1. The molecular formula is C15H17ClIN3O. The fraction of sp³-hybridized carbons (Fsp3) is 0.400. The van der Waals surface area contributed by atoms with E-state index in [-0.39, 0.29) is 5.41 Å². The summed E-state index contributed by atoms with van der Waals surface area (Å²) in [6.45, 7) is 6.35. The molecule has 0 radical (unpaired) electrons. The van der Waals surface area contributed by atoms with E-state index in [0.717, 1.165) is 14.8 Å². The molecule has 2 aromatic rings. The second-order valence-electron chi connectivity index (χ2n) is 5.73. The Morgan fingerprint density at radius 3 is 2.48 bits per heavy atom. The Morgan fingerprint density at radius 1 is 1.24 bits per heavy atom. The van der Waals surface area contributed by atoms with Crippen molar-refractivity contribution in [3.05, 3.63) is 44.1 Å². The SMILES string of the molecule is COc1ccc(Cc2nc(Cl)c(I)c(C(C)(C)C)n2)cn1. The third kappa shape index (κ3) is 4.03. The van der Waals surface area contributed by atoms with Crippen molar-refractivity contribution in [1.82, 2.24) is 15.0 Å². The number of aromatic nitrogens is 3. The summed E-state index contributed by atoms with van der Waals surface area (Å²) in [7, 11) is 1.60. The second-order valence-corrected chi connectivity index (χ2v) is 7.17. The summed E-state index contributed by atoms with van der Waals surface area (Å²) in [5.74, 6) is 1.30. The molecule has 2 rings (SSSR count). The van der Waals surface area contributed by atoms with E-state index in [2.05, 4.69) is 58.3 Å². The Kier molecular flexibility index (Phi) is 5.03. The van der Waals surface area contributed by atoms with Crippen LogP contribution in [0.5, 0.6) is 5.88 Å². The normalized spacial score (nSPS) is 11.5. The van der Waals surface area contributed by atoms with Crippen molar-refractivity contribution < 1.29 is 4.74 Å². The van der Waals surface area contributed by atoms with Gasteiger partial charge in [-0.3, -0.25) is 0 Å². The zero-order chi connectivity index (χ0) is 15.6. The van der Waals surface area contributed by atoms with Gasteiger partial charge in [-0.25, -0.2) is 15.0 Å². The molecule has 0 aliphatic heterocycles. The molecule has 21 heavy (non-hydrogen) atoms. The van der Waals surface area contributed by atoms with Gasteiger partial charge in [0.15, 0.2) is 0 Å². The lowest BCUT2D eigenvalue weighted by molar-refractivity contribution is 0.397. The quantitative estimate of drug-likeness (QED) is 0.559. The van der Waals surface area contributed by atoms with Gasteiger partial charge in [0.2, 0.25) is 5.88 Å². The molecule has 0 aliphatic carbocycles. The molecule has 112 valence electrons. The maximum absolute atomic E-state index is 6.24. The van der Waals surface area contributed by atoms with E-state index >= 15 is 0 Å². The maximum Gasteiger partial charge on any atom is 0.212 e. The molecule has 0 fully saturated rings. The molecule has 0 amide bonds. The first-order valence-electron chi connectivity index (χ1n) is 6.52. The second kappa shape index (κ2) is 6.44. The Hall–Kier alpha value is -0.950. The Balaban J connectivity index is 2.33. The summed E-state index contributed by atoms with van der Waals surface area (Å²) in [6.07, 6.45) is 2.36. The van der Waals surface area contributed by atoms with Crippen LogP contribution in [0, 0.1) is 3.57 Å². The monoisotopic (exact) mass is 417 g/mol. The lowest BCUT2D eigenvalue weighted by Crippen LogP contribution is -2.18. The Labute approximate surface area is 143 Å². The van der Waals surface area contributed by atoms with Crippen LogP contribution in [-0.2, 0) is 11.8 Å². The van der Waals surface area contributed by atoms with Gasteiger partial charge in [-0.1, -0.05) is 38.4 Å². The Bertz CT molecular complexity index is 639. The summed E-state index contributed by atoms with van der Waals surface area (Å²) >= 11 is 8.45. The van der Waals surface area contributed by atoms with Gasteiger partial charge in [-0.2, -0.15) is 0 Å². The summed E-state index contributed by atoms with van der Waals surface area (Å²) in [5.41, 5.74) is 1.92. The first kappa shape index (κ1) is 16.4. The Morgan fingerprint density at radius 2 is 1.95 bits per heavy atom. The number of nitrogens with zero attached hydrogens (tertiary/aromatic N) is 3. The van der Waals surface area contributed by atoms with Crippen LogP contribution in [0.1, 0.15) is 37.9 Å². The van der Waals surface area contributed by atoms with E-state index in [1.165, 1.54) is 0 Å². The van der Waals surface area contributed by atoms with Gasteiger partial charge in [0.1, 0.15) is 11.0 Å². The van der Waals surface area contributed by atoms with Gasteiger partial charge in [-0.15, -0.1) is 0 Å². The molecule has 0 saturated heterocycles. The molecule has 0 spiro atoms. The van der Waals surface area contributed by atoms with Crippen molar-refractivity contribution in [2.75, 3.05) is 7.11 Å². The number of methoxy groups -OCH3 is 1. The largest absolute Gasteiger partial charge is 0.481 e. The molecule has 0 atom stereocenters. The zero-order valence-corrected chi connectivity index (χ0v) is 15.4. The molecule has 0 aromatic carbocycles. The fourth-order valence-electron chi connectivity index (χ4n) is 1.86. The van der Waals surface area contributed by atoms with Crippen LogP contribution >= 0.6 is 34.2 Å². The van der Waals surface area contributed by atoms with E-state index in [1.807, 2.05) is 12.1 Å². The minimum atomic E-state index is -0.0734. The molecule has 6 heteroatoms. The average Bonchev–Trinajstić information content (AvgIpc) is 2.42. The van der Waals surface area contributed by atoms with Gasteiger partial charge in [-0.05, 0) is 28.2 Å². The predicted octanol–water partition coefficient (Wildman–Crippen LogP) is 4.03. The van der Waals surface area contributed by atoms with Crippen molar-refractivity contribution in [2.24, 2.45) is 0 Å². The first-order chi connectivity index (χ1) is 9.81. The molecule has 0 unspecified atom stereocenters. The first-order valence-corrected chi connectivity index (χ1v) is 7.98. The highest BCUT2D eigenvalue weighted by Gasteiger charge is 2.22. The lowest BCUT2D eigenvalue weighted by Gasteiger charge is -2.20. The molecule has 0 aliphatic rings. The van der Waals surface area contributed by atoms with Gasteiger partial charge < -0.3 is 4.74 Å². The molecule has 2 heterocycles. The van der Waals surface area contributed by atoms with Crippen LogP contribution < -0.4 is 4.74 Å². The molecular weight excluding hydrogens is 401 g/mol. The predicted molar refractivity (Wildman–Crippen MR) is 92.1 cm³/mol. The third-order valence-electron chi connectivity index (χ3n) is 2.94. The van der Waals surface area contributed by atoms with Crippen LogP contribution in [0.2, 0.25) is 5.15 Å². The number of rotatable bonds is 3. The van der Waals surface area contributed by atoms with E-state index < -0.39 is 0 Å². The average molecular weight is 418 g/mol. The van der Waals surface area contributed by atoms with Crippen LogP contribution in [0.15, 0.2) is 18.3 Å². The standard InChI is InChI=1S/C15H17ClIN3O/c1-15(2,3)13-12(17)14(16)20-10(19-13)7-9-5-6-11(21-4)18-8-9/h5-6,8H,7H2,1-4H3.